The van der Waals surface area contributed by atoms with Gasteiger partial charge in [-0.2, -0.15) is 17.8 Å². The Morgan fingerprint density at radius 3 is 2.30 bits per heavy atom. The van der Waals surface area contributed by atoms with E-state index in [0.717, 1.165) is 20.9 Å². The Bertz CT molecular complexity index is 1150. The summed E-state index contributed by atoms with van der Waals surface area (Å²) in [5, 5.41) is 16.6. The third-order valence-corrected chi connectivity index (χ3v) is 7.19. The molecule has 1 atom stereocenters. The van der Waals surface area contributed by atoms with Crippen molar-refractivity contribution < 1.29 is 13.5 Å². The Balaban J connectivity index is 2.27. The third-order valence-electron chi connectivity index (χ3n) is 5.75. The first kappa shape index (κ1) is 22.3. The zero-order valence-corrected chi connectivity index (χ0v) is 19.2. The summed E-state index contributed by atoms with van der Waals surface area (Å²) in [5.74, 6) is 0. The summed E-state index contributed by atoms with van der Waals surface area (Å²) < 4.78 is 30.3. The Labute approximate surface area is 178 Å². The Morgan fingerprint density at radius 1 is 1.13 bits per heavy atom. The fraction of sp³-hybridized carbons (Fsp3) is 0.409. The van der Waals surface area contributed by atoms with E-state index < -0.39 is 21.3 Å². The van der Waals surface area contributed by atoms with Gasteiger partial charge in [0.15, 0.2) is 0 Å². The molecule has 1 aromatic heterocycles. The summed E-state index contributed by atoms with van der Waals surface area (Å²) in [7, 11) is -0.719. The van der Waals surface area contributed by atoms with E-state index >= 15 is 0 Å². The van der Waals surface area contributed by atoms with Crippen LogP contribution in [0.2, 0.25) is 0 Å². The molecule has 0 aliphatic heterocycles. The highest BCUT2D eigenvalue weighted by Crippen LogP contribution is 2.42. The van der Waals surface area contributed by atoms with Crippen LogP contribution in [0, 0.1) is 6.92 Å². The van der Waals surface area contributed by atoms with Gasteiger partial charge in [0.05, 0.1) is 23.0 Å². The summed E-state index contributed by atoms with van der Waals surface area (Å²) in [5.41, 5.74) is 1.25. The van der Waals surface area contributed by atoms with Crippen molar-refractivity contribution in [1.82, 2.24) is 14.1 Å². The maximum atomic E-state index is 12.4. The molecule has 3 aromatic rings. The molecule has 0 amide bonds. The summed E-state index contributed by atoms with van der Waals surface area (Å²) >= 11 is 0. The van der Waals surface area contributed by atoms with Crippen LogP contribution in [0.15, 0.2) is 48.7 Å². The molecule has 7 nitrogen and oxygen atoms in total. The van der Waals surface area contributed by atoms with E-state index in [2.05, 4.69) is 9.82 Å². The molecule has 0 saturated carbocycles. The molecule has 0 fully saturated rings. The predicted octanol–water partition coefficient (Wildman–Crippen LogP) is 3.49. The number of fused-ring (bicyclic) bond motifs is 1. The predicted molar refractivity (Wildman–Crippen MR) is 121 cm³/mol. The number of nitrogens with zero attached hydrogens (tertiary/aromatic N) is 3. The fourth-order valence-electron chi connectivity index (χ4n) is 4.02. The topological polar surface area (TPSA) is 87.5 Å². The van der Waals surface area contributed by atoms with Crippen molar-refractivity contribution in [2.24, 2.45) is 0 Å². The van der Waals surface area contributed by atoms with Crippen LogP contribution in [0.3, 0.4) is 0 Å². The highest BCUT2D eigenvalue weighted by atomic mass is 32.2. The molecule has 0 aliphatic carbocycles. The SMILES string of the molecule is CCC(c1ccc(C)cc1)(n1ncc2c(NS(=O)(=O)N(C)C)cccc21)C(C)(C)O. The lowest BCUT2D eigenvalue weighted by Gasteiger charge is -2.44. The summed E-state index contributed by atoms with van der Waals surface area (Å²) in [6.07, 6.45) is 2.23. The van der Waals surface area contributed by atoms with Gasteiger partial charge in [-0.3, -0.25) is 9.40 Å². The zero-order valence-electron chi connectivity index (χ0n) is 18.3. The first-order valence-electron chi connectivity index (χ1n) is 9.91. The maximum absolute atomic E-state index is 12.4. The molecule has 2 N–H and O–H groups in total. The normalized spacial score (nSPS) is 14.8. The van der Waals surface area contributed by atoms with Crippen molar-refractivity contribution in [3.8, 4) is 0 Å². The monoisotopic (exact) mass is 430 g/mol. The number of aromatic nitrogens is 2. The van der Waals surface area contributed by atoms with Gasteiger partial charge in [0.2, 0.25) is 0 Å². The van der Waals surface area contributed by atoms with E-state index in [9.17, 15) is 13.5 Å². The van der Waals surface area contributed by atoms with Gasteiger partial charge in [0.25, 0.3) is 0 Å². The largest absolute Gasteiger partial charge is 0.388 e. The molecule has 162 valence electrons. The number of aryl methyl sites for hydroxylation is 1. The number of hydrogen-bond acceptors (Lipinski definition) is 4. The lowest BCUT2D eigenvalue weighted by Crippen LogP contribution is -2.53. The van der Waals surface area contributed by atoms with Crippen molar-refractivity contribution in [2.75, 3.05) is 18.8 Å². The molecule has 1 unspecified atom stereocenters. The lowest BCUT2D eigenvalue weighted by atomic mass is 9.74. The second-order valence-corrected chi connectivity index (χ2v) is 10.2. The number of nitrogens with one attached hydrogen (secondary N) is 1. The van der Waals surface area contributed by atoms with Crippen LogP contribution in [0.25, 0.3) is 10.9 Å². The second-order valence-electron chi connectivity index (χ2n) is 8.32. The molecule has 0 aliphatic rings. The van der Waals surface area contributed by atoms with Gasteiger partial charge < -0.3 is 5.11 Å². The minimum Gasteiger partial charge on any atom is -0.388 e. The van der Waals surface area contributed by atoms with Crippen LogP contribution in [-0.2, 0) is 15.7 Å². The quantitative estimate of drug-likeness (QED) is 0.601. The molecule has 8 heteroatoms. The summed E-state index contributed by atoms with van der Waals surface area (Å²) in [6.45, 7) is 7.60. The highest BCUT2D eigenvalue weighted by Gasteiger charge is 2.47. The number of aliphatic hydroxyl groups is 1. The minimum atomic E-state index is -3.66. The van der Waals surface area contributed by atoms with E-state index in [1.165, 1.54) is 14.1 Å². The van der Waals surface area contributed by atoms with Crippen LogP contribution in [0.1, 0.15) is 38.3 Å². The van der Waals surface area contributed by atoms with Crippen molar-refractivity contribution in [3.63, 3.8) is 0 Å². The van der Waals surface area contributed by atoms with Crippen molar-refractivity contribution in [2.45, 2.75) is 45.3 Å². The summed E-state index contributed by atoms with van der Waals surface area (Å²) in [4.78, 5) is 0. The van der Waals surface area contributed by atoms with Crippen molar-refractivity contribution in [3.05, 3.63) is 59.8 Å². The van der Waals surface area contributed by atoms with Crippen LogP contribution in [0.5, 0.6) is 0 Å². The maximum Gasteiger partial charge on any atom is 0.301 e. The third kappa shape index (κ3) is 3.59. The van der Waals surface area contributed by atoms with Gasteiger partial charge in [-0.25, -0.2) is 0 Å². The minimum absolute atomic E-state index is 0.442. The second kappa shape index (κ2) is 7.68. The van der Waals surface area contributed by atoms with Gasteiger partial charge in [-0.05, 0) is 44.9 Å². The molecular weight excluding hydrogens is 400 g/mol. The van der Waals surface area contributed by atoms with Crippen LogP contribution in [0.4, 0.5) is 5.69 Å². The smallest absolute Gasteiger partial charge is 0.301 e. The molecule has 0 radical (unpaired) electrons. The van der Waals surface area contributed by atoms with E-state index in [1.54, 1.807) is 32.2 Å². The number of benzene rings is 2. The van der Waals surface area contributed by atoms with E-state index in [0.29, 0.717) is 17.5 Å². The van der Waals surface area contributed by atoms with Gasteiger partial charge in [0, 0.05) is 19.5 Å². The molecule has 2 aromatic carbocycles. The van der Waals surface area contributed by atoms with Gasteiger partial charge in [-0.15, -0.1) is 0 Å². The molecule has 1 heterocycles. The molecule has 0 saturated heterocycles. The molecule has 3 rings (SSSR count). The van der Waals surface area contributed by atoms with E-state index in [-0.39, 0.29) is 0 Å². The molecule has 0 spiro atoms. The first-order chi connectivity index (χ1) is 13.9. The number of anilines is 1. The number of rotatable bonds is 7. The zero-order chi connectivity index (χ0) is 22.3. The van der Waals surface area contributed by atoms with Gasteiger partial charge in [0.1, 0.15) is 5.54 Å². The van der Waals surface area contributed by atoms with Gasteiger partial charge >= 0.3 is 10.2 Å². The lowest BCUT2D eigenvalue weighted by molar-refractivity contribution is -0.0297. The summed E-state index contributed by atoms with van der Waals surface area (Å²) in [6, 6.07) is 13.5. The first-order valence-corrected chi connectivity index (χ1v) is 11.3. The molecular formula is C22H30N4O3S. The Morgan fingerprint density at radius 2 is 1.77 bits per heavy atom. The number of hydrogen-bond donors (Lipinski definition) is 2. The van der Waals surface area contributed by atoms with Crippen LogP contribution in [-0.4, -0.2) is 47.3 Å². The fourth-order valence-corrected chi connectivity index (χ4v) is 4.66. The Hall–Kier alpha value is -2.42. The van der Waals surface area contributed by atoms with Crippen LogP contribution < -0.4 is 4.72 Å². The van der Waals surface area contributed by atoms with E-state index in [4.69, 9.17) is 0 Å². The van der Waals surface area contributed by atoms with Crippen molar-refractivity contribution >= 4 is 26.8 Å². The average molecular weight is 431 g/mol. The standard InChI is InChI=1S/C22H30N4O3S/c1-7-22(21(3,4)27,17-13-11-16(2)12-14-17)26-20-10-8-9-19(18(20)15-23-26)24-30(28,29)25(5)6/h8-15,24,27H,7H2,1-6H3. The molecule has 30 heavy (non-hydrogen) atoms. The highest BCUT2D eigenvalue weighted by molar-refractivity contribution is 7.90. The van der Waals surface area contributed by atoms with Crippen LogP contribution >= 0.6 is 0 Å². The van der Waals surface area contributed by atoms with Gasteiger partial charge in [-0.1, -0.05) is 42.8 Å². The Kier molecular flexibility index (Phi) is 5.70. The van der Waals surface area contributed by atoms with Crippen molar-refractivity contribution in [1.29, 1.82) is 0 Å². The molecule has 0 bridgehead atoms. The van der Waals surface area contributed by atoms with E-state index in [1.807, 2.05) is 48.9 Å². The average Bonchev–Trinajstić information content (AvgIpc) is 3.08.